The van der Waals surface area contributed by atoms with E-state index in [0.29, 0.717) is 23.4 Å². The predicted molar refractivity (Wildman–Crippen MR) is 64.8 cm³/mol. The van der Waals surface area contributed by atoms with Gasteiger partial charge in [-0.2, -0.15) is 0 Å². The van der Waals surface area contributed by atoms with Crippen LogP contribution in [0.4, 0.5) is 5.82 Å². The van der Waals surface area contributed by atoms with Crippen LogP contribution in [0.15, 0.2) is 12.4 Å². The first kappa shape index (κ1) is 10.7. The fraction of sp³-hybridized carbons (Fsp3) is 0.692. The Morgan fingerprint density at radius 3 is 2.94 bits per heavy atom. The summed E-state index contributed by atoms with van der Waals surface area (Å²) in [7, 11) is 0. The third-order valence-electron chi connectivity index (χ3n) is 4.98. The van der Waals surface area contributed by atoms with Crippen LogP contribution in [0.5, 0.6) is 0 Å². The zero-order valence-electron chi connectivity index (χ0n) is 10.1. The van der Waals surface area contributed by atoms with Crippen LogP contribution in [0.1, 0.15) is 18.5 Å². The molecule has 1 aliphatic heterocycles. The van der Waals surface area contributed by atoms with E-state index < -0.39 is 0 Å². The number of aliphatic hydroxyl groups is 2. The van der Waals surface area contributed by atoms with Gasteiger partial charge in [0.15, 0.2) is 0 Å². The molecule has 1 saturated heterocycles. The standard InChI is InChI=1S/C13H17N3O2/c17-6-9-3-14-4-11(15-9)16-5-8-1-7-2-10(8)12(16)13(7)18/h3-4,7-8,10,12-13,17-18H,1-2,5-6H2. The summed E-state index contributed by atoms with van der Waals surface area (Å²) in [4.78, 5) is 10.8. The van der Waals surface area contributed by atoms with E-state index in [-0.39, 0.29) is 18.8 Å². The van der Waals surface area contributed by atoms with Crippen LogP contribution in [0.25, 0.3) is 0 Å². The molecule has 5 atom stereocenters. The molecule has 2 saturated carbocycles. The van der Waals surface area contributed by atoms with Crippen molar-refractivity contribution in [1.29, 1.82) is 0 Å². The van der Waals surface area contributed by atoms with Gasteiger partial charge in [0.25, 0.3) is 0 Å². The quantitative estimate of drug-likeness (QED) is 0.780. The molecule has 0 spiro atoms. The Bertz CT molecular complexity index is 479. The van der Waals surface area contributed by atoms with Crippen molar-refractivity contribution in [2.24, 2.45) is 17.8 Å². The summed E-state index contributed by atoms with van der Waals surface area (Å²) in [6.07, 6.45) is 5.44. The van der Waals surface area contributed by atoms with Crippen LogP contribution in [0.2, 0.25) is 0 Å². The van der Waals surface area contributed by atoms with E-state index in [1.807, 2.05) is 0 Å². The van der Waals surface area contributed by atoms with Gasteiger partial charge in [0.2, 0.25) is 0 Å². The lowest BCUT2D eigenvalue weighted by molar-refractivity contribution is 0.0965. The summed E-state index contributed by atoms with van der Waals surface area (Å²) in [6.45, 7) is 0.893. The average Bonchev–Trinajstić information content (AvgIpc) is 3.00. The monoisotopic (exact) mass is 247 g/mol. The van der Waals surface area contributed by atoms with Crippen LogP contribution in [0, 0.1) is 17.8 Å². The number of hydrogen-bond acceptors (Lipinski definition) is 5. The molecule has 3 aliphatic rings. The molecule has 3 fully saturated rings. The van der Waals surface area contributed by atoms with Gasteiger partial charge in [0.1, 0.15) is 5.82 Å². The van der Waals surface area contributed by atoms with E-state index in [9.17, 15) is 5.11 Å². The highest BCUT2D eigenvalue weighted by Gasteiger charge is 2.59. The van der Waals surface area contributed by atoms with E-state index >= 15 is 0 Å². The van der Waals surface area contributed by atoms with Crippen LogP contribution < -0.4 is 4.90 Å². The van der Waals surface area contributed by atoms with Crippen LogP contribution in [-0.4, -0.2) is 38.9 Å². The summed E-state index contributed by atoms with van der Waals surface area (Å²) in [5.74, 6) is 2.64. The van der Waals surface area contributed by atoms with Crippen molar-refractivity contribution in [2.45, 2.75) is 31.6 Å². The summed E-state index contributed by atoms with van der Waals surface area (Å²) >= 11 is 0. The van der Waals surface area contributed by atoms with Crippen molar-refractivity contribution >= 4 is 5.82 Å². The molecular weight excluding hydrogens is 230 g/mol. The second-order valence-corrected chi connectivity index (χ2v) is 5.82. The minimum Gasteiger partial charge on any atom is -0.391 e. The number of hydrogen-bond donors (Lipinski definition) is 2. The third-order valence-corrected chi connectivity index (χ3v) is 4.98. The zero-order chi connectivity index (χ0) is 12.3. The van der Waals surface area contributed by atoms with E-state index in [2.05, 4.69) is 14.9 Å². The number of rotatable bonds is 2. The van der Waals surface area contributed by atoms with Gasteiger partial charge in [-0.3, -0.25) is 4.98 Å². The third kappa shape index (κ3) is 1.29. The first-order valence-electron chi connectivity index (χ1n) is 6.64. The molecule has 5 heteroatoms. The molecule has 2 heterocycles. The zero-order valence-corrected chi connectivity index (χ0v) is 10.1. The minimum absolute atomic E-state index is 0.0859. The molecule has 5 nitrogen and oxygen atoms in total. The van der Waals surface area contributed by atoms with E-state index in [1.54, 1.807) is 12.4 Å². The van der Waals surface area contributed by atoms with Crippen LogP contribution >= 0.6 is 0 Å². The van der Waals surface area contributed by atoms with Crippen LogP contribution in [-0.2, 0) is 6.61 Å². The largest absolute Gasteiger partial charge is 0.391 e. The first-order valence-corrected chi connectivity index (χ1v) is 6.64. The van der Waals surface area contributed by atoms with Gasteiger partial charge in [0, 0.05) is 6.54 Å². The average molecular weight is 247 g/mol. The Labute approximate surface area is 105 Å². The molecule has 5 unspecified atom stereocenters. The summed E-state index contributed by atoms with van der Waals surface area (Å²) in [6, 6.07) is 0.219. The normalized spacial score (nSPS) is 40.8. The molecule has 4 rings (SSSR count). The molecular formula is C13H17N3O2. The van der Waals surface area contributed by atoms with Gasteiger partial charge in [0.05, 0.1) is 36.8 Å². The summed E-state index contributed by atoms with van der Waals surface area (Å²) in [5.41, 5.74) is 0.593. The van der Waals surface area contributed by atoms with E-state index in [1.165, 1.54) is 6.42 Å². The van der Waals surface area contributed by atoms with Crippen molar-refractivity contribution in [2.75, 3.05) is 11.4 Å². The van der Waals surface area contributed by atoms with Crippen molar-refractivity contribution < 1.29 is 10.2 Å². The van der Waals surface area contributed by atoms with Gasteiger partial charge in [-0.1, -0.05) is 0 Å². The lowest BCUT2D eigenvalue weighted by Crippen LogP contribution is -2.41. The maximum Gasteiger partial charge on any atom is 0.147 e. The van der Waals surface area contributed by atoms with Gasteiger partial charge in [-0.15, -0.1) is 0 Å². The molecule has 1 aromatic rings. The van der Waals surface area contributed by atoms with E-state index in [4.69, 9.17) is 5.11 Å². The second-order valence-electron chi connectivity index (χ2n) is 5.82. The first-order chi connectivity index (χ1) is 8.78. The number of aliphatic hydroxyl groups excluding tert-OH is 2. The Hall–Kier alpha value is -1.20. The Kier molecular flexibility index (Phi) is 2.17. The van der Waals surface area contributed by atoms with E-state index in [0.717, 1.165) is 18.8 Å². The van der Waals surface area contributed by atoms with Gasteiger partial charge in [-0.05, 0) is 30.6 Å². The van der Waals surface area contributed by atoms with Gasteiger partial charge in [-0.25, -0.2) is 4.98 Å². The van der Waals surface area contributed by atoms with Crippen molar-refractivity contribution in [3.8, 4) is 0 Å². The molecule has 2 bridgehead atoms. The van der Waals surface area contributed by atoms with Crippen LogP contribution in [0.3, 0.4) is 0 Å². The molecule has 96 valence electrons. The Morgan fingerprint density at radius 2 is 2.17 bits per heavy atom. The van der Waals surface area contributed by atoms with Crippen molar-refractivity contribution in [3.63, 3.8) is 0 Å². The maximum absolute atomic E-state index is 10.3. The fourth-order valence-electron chi connectivity index (χ4n) is 4.29. The molecule has 0 radical (unpaired) electrons. The van der Waals surface area contributed by atoms with Crippen molar-refractivity contribution in [3.05, 3.63) is 18.1 Å². The lowest BCUT2D eigenvalue weighted by Gasteiger charge is -2.29. The number of fused-ring (bicyclic) bond motifs is 1. The molecule has 2 aliphatic carbocycles. The molecule has 0 aromatic carbocycles. The highest BCUT2D eigenvalue weighted by atomic mass is 16.3. The number of anilines is 1. The van der Waals surface area contributed by atoms with Crippen molar-refractivity contribution in [1.82, 2.24) is 9.97 Å². The predicted octanol–water partition coefficient (Wildman–Crippen LogP) is 0.174. The molecule has 0 amide bonds. The highest BCUT2D eigenvalue weighted by Crippen LogP contribution is 2.55. The summed E-state index contributed by atoms with van der Waals surface area (Å²) in [5, 5.41) is 19.5. The molecule has 1 aromatic heterocycles. The van der Waals surface area contributed by atoms with Gasteiger partial charge >= 0.3 is 0 Å². The Morgan fingerprint density at radius 1 is 1.28 bits per heavy atom. The molecule has 2 N–H and O–H groups in total. The highest BCUT2D eigenvalue weighted by molar-refractivity contribution is 5.43. The fourth-order valence-corrected chi connectivity index (χ4v) is 4.29. The second kappa shape index (κ2) is 3.65. The number of aromatic nitrogens is 2. The SMILES string of the molecule is OCc1cncc(N2CC3CC4CC3C2C4O)n1. The van der Waals surface area contributed by atoms with Gasteiger partial charge < -0.3 is 15.1 Å². The smallest absolute Gasteiger partial charge is 0.147 e. The maximum atomic E-state index is 10.3. The minimum atomic E-state index is -0.215. The Balaban J connectivity index is 1.69. The summed E-state index contributed by atoms with van der Waals surface area (Å²) < 4.78 is 0. The topological polar surface area (TPSA) is 69.5 Å². The number of nitrogens with zero attached hydrogens (tertiary/aromatic N) is 3. The lowest BCUT2D eigenvalue weighted by atomic mass is 9.88. The molecule has 18 heavy (non-hydrogen) atoms.